The highest BCUT2D eigenvalue weighted by Gasteiger charge is 2.26. The number of hydrogen-bond donors (Lipinski definition) is 2. The minimum atomic E-state index is 0. The number of carbonyl (C=O) groups excluding carboxylic acids is 1. The number of rotatable bonds is 3. The summed E-state index contributed by atoms with van der Waals surface area (Å²) in [6, 6.07) is 0.194. The van der Waals surface area contributed by atoms with Gasteiger partial charge in [-0.15, -0.1) is 12.4 Å². The molecule has 96 valence electrons. The fourth-order valence-corrected chi connectivity index (χ4v) is 2.25. The molecule has 0 aliphatic heterocycles. The molecule has 0 aromatic carbocycles. The Balaban J connectivity index is 0.00000144. The van der Waals surface area contributed by atoms with Crippen LogP contribution in [0.15, 0.2) is 12.4 Å². The number of halogens is 1. The number of nitrogens with zero attached hydrogens (tertiary/aromatic N) is 2. The maximum atomic E-state index is 11.7. The molecule has 1 aliphatic rings. The molecule has 1 heterocycles. The molecule has 1 amide bonds. The molecule has 17 heavy (non-hydrogen) atoms. The van der Waals surface area contributed by atoms with Crippen molar-refractivity contribution in [1.29, 1.82) is 0 Å². The molecule has 6 heteroatoms. The third-order valence-corrected chi connectivity index (χ3v) is 3.15. The first-order valence-corrected chi connectivity index (χ1v) is 5.69. The van der Waals surface area contributed by atoms with Crippen LogP contribution >= 0.6 is 12.4 Å². The summed E-state index contributed by atoms with van der Waals surface area (Å²) in [6.07, 6.45) is 7.22. The lowest BCUT2D eigenvalue weighted by Gasteiger charge is -2.14. The topological polar surface area (TPSA) is 72.9 Å². The second-order valence-corrected chi connectivity index (χ2v) is 4.51. The molecule has 1 fully saturated rings. The van der Waals surface area contributed by atoms with Gasteiger partial charge in [0.25, 0.3) is 0 Å². The molecule has 2 rings (SSSR count). The summed E-state index contributed by atoms with van der Waals surface area (Å²) in [5, 5.41) is 6.83. The number of carbonyl (C=O) groups is 1. The van der Waals surface area contributed by atoms with E-state index in [1.54, 1.807) is 17.1 Å². The summed E-state index contributed by atoms with van der Waals surface area (Å²) in [7, 11) is 1.82. The van der Waals surface area contributed by atoms with Crippen molar-refractivity contribution in [1.82, 2.24) is 9.78 Å². The number of aryl methyl sites for hydroxylation is 1. The number of anilines is 1. The fraction of sp³-hybridized carbons (Fsp3) is 0.636. The van der Waals surface area contributed by atoms with Gasteiger partial charge in [0.1, 0.15) is 0 Å². The van der Waals surface area contributed by atoms with E-state index in [0.717, 1.165) is 24.9 Å². The Morgan fingerprint density at radius 1 is 1.65 bits per heavy atom. The first-order valence-electron chi connectivity index (χ1n) is 5.69. The number of amides is 1. The zero-order chi connectivity index (χ0) is 11.5. The van der Waals surface area contributed by atoms with E-state index in [1.807, 2.05) is 7.05 Å². The molecule has 0 saturated heterocycles. The number of aromatic nitrogens is 2. The van der Waals surface area contributed by atoms with Gasteiger partial charge in [-0.2, -0.15) is 5.10 Å². The van der Waals surface area contributed by atoms with E-state index in [4.69, 9.17) is 5.73 Å². The monoisotopic (exact) mass is 258 g/mol. The quantitative estimate of drug-likeness (QED) is 0.858. The fourth-order valence-electron chi connectivity index (χ4n) is 2.25. The summed E-state index contributed by atoms with van der Waals surface area (Å²) in [5.74, 6) is 0.382. The predicted octanol–water partition coefficient (Wildman–Crippen LogP) is 1.30. The van der Waals surface area contributed by atoms with Crippen LogP contribution in [0.3, 0.4) is 0 Å². The third-order valence-electron chi connectivity index (χ3n) is 3.15. The van der Waals surface area contributed by atoms with E-state index in [1.165, 1.54) is 0 Å². The third kappa shape index (κ3) is 3.71. The summed E-state index contributed by atoms with van der Waals surface area (Å²) < 4.78 is 1.66. The van der Waals surface area contributed by atoms with Gasteiger partial charge in [-0.1, -0.05) is 6.42 Å². The van der Waals surface area contributed by atoms with E-state index < -0.39 is 0 Å². The van der Waals surface area contributed by atoms with Gasteiger partial charge in [0, 0.05) is 25.7 Å². The molecule has 1 aromatic heterocycles. The van der Waals surface area contributed by atoms with Crippen molar-refractivity contribution >= 4 is 24.0 Å². The highest BCUT2D eigenvalue weighted by Crippen LogP contribution is 2.27. The average molecular weight is 259 g/mol. The normalized spacial score (nSPS) is 23.2. The standard InChI is InChI=1S/C11H18N4O.ClH/c1-15-7-9(6-13-15)14-11(16)5-8-3-2-4-10(8)12;/h6-8,10H,2-5,12H2,1H3,(H,14,16);1H/t8-,10+;/m0./s1. The van der Waals surface area contributed by atoms with Crippen LogP contribution in [0.5, 0.6) is 0 Å². The molecule has 0 radical (unpaired) electrons. The van der Waals surface area contributed by atoms with Gasteiger partial charge in [-0.3, -0.25) is 9.48 Å². The Bertz CT molecular complexity index is 379. The van der Waals surface area contributed by atoms with Crippen molar-refractivity contribution < 1.29 is 4.79 Å². The van der Waals surface area contributed by atoms with E-state index in [2.05, 4.69) is 10.4 Å². The van der Waals surface area contributed by atoms with Crippen LogP contribution in [-0.2, 0) is 11.8 Å². The van der Waals surface area contributed by atoms with Gasteiger partial charge >= 0.3 is 0 Å². The van der Waals surface area contributed by atoms with Crippen LogP contribution < -0.4 is 11.1 Å². The number of hydrogen-bond acceptors (Lipinski definition) is 3. The SMILES string of the molecule is Cl.Cn1cc(NC(=O)C[C@@H]2CCC[C@H]2N)cn1. The number of nitrogens with one attached hydrogen (secondary N) is 1. The van der Waals surface area contributed by atoms with Crippen molar-refractivity contribution in [3.8, 4) is 0 Å². The van der Waals surface area contributed by atoms with Crippen molar-refractivity contribution in [2.75, 3.05) is 5.32 Å². The van der Waals surface area contributed by atoms with Crippen molar-refractivity contribution in [3.63, 3.8) is 0 Å². The molecule has 3 N–H and O–H groups in total. The summed E-state index contributed by atoms with van der Waals surface area (Å²) >= 11 is 0. The first-order chi connectivity index (χ1) is 7.65. The highest BCUT2D eigenvalue weighted by molar-refractivity contribution is 5.90. The Kier molecular flexibility index (Phi) is 4.96. The van der Waals surface area contributed by atoms with Gasteiger partial charge in [-0.25, -0.2) is 0 Å². The van der Waals surface area contributed by atoms with Crippen molar-refractivity contribution in [2.45, 2.75) is 31.7 Å². The van der Waals surface area contributed by atoms with Gasteiger partial charge in [0.2, 0.25) is 5.91 Å². The van der Waals surface area contributed by atoms with E-state index >= 15 is 0 Å². The van der Waals surface area contributed by atoms with Crippen LogP contribution in [0.25, 0.3) is 0 Å². The molecule has 1 aliphatic carbocycles. The second kappa shape index (κ2) is 6.02. The molecule has 0 unspecified atom stereocenters. The van der Waals surface area contributed by atoms with Crippen LogP contribution in [0.1, 0.15) is 25.7 Å². The van der Waals surface area contributed by atoms with Crippen LogP contribution in [0.2, 0.25) is 0 Å². The Labute approximate surface area is 107 Å². The second-order valence-electron chi connectivity index (χ2n) is 4.51. The molecular formula is C11H19ClN4O. The van der Waals surface area contributed by atoms with Crippen LogP contribution in [-0.4, -0.2) is 21.7 Å². The lowest BCUT2D eigenvalue weighted by atomic mass is 10.00. The molecule has 2 atom stereocenters. The average Bonchev–Trinajstić information content (AvgIpc) is 2.77. The summed E-state index contributed by atoms with van der Waals surface area (Å²) in [5.41, 5.74) is 6.68. The van der Waals surface area contributed by atoms with Gasteiger partial charge in [0.05, 0.1) is 11.9 Å². The summed E-state index contributed by atoms with van der Waals surface area (Å²) in [4.78, 5) is 11.7. The Morgan fingerprint density at radius 3 is 2.94 bits per heavy atom. The highest BCUT2D eigenvalue weighted by atomic mass is 35.5. The lowest BCUT2D eigenvalue weighted by Crippen LogP contribution is -2.28. The van der Waals surface area contributed by atoms with Gasteiger partial charge < -0.3 is 11.1 Å². The smallest absolute Gasteiger partial charge is 0.224 e. The molecule has 0 spiro atoms. The largest absolute Gasteiger partial charge is 0.327 e. The van der Waals surface area contributed by atoms with Gasteiger partial charge in [0.15, 0.2) is 0 Å². The van der Waals surface area contributed by atoms with E-state index in [9.17, 15) is 4.79 Å². The lowest BCUT2D eigenvalue weighted by molar-refractivity contribution is -0.117. The maximum absolute atomic E-state index is 11.7. The molecule has 1 aromatic rings. The Hall–Kier alpha value is -1.07. The molecule has 1 saturated carbocycles. The zero-order valence-electron chi connectivity index (χ0n) is 9.93. The number of nitrogens with two attached hydrogens (primary N) is 1. The van der Waals surface area contributed by atoms with Gasteiger partial charge in [-0.05, 0) is 18.8 Å². The minimum absolute atomic E-state index is 0. The molecule has 0 bridgehead atoms. The van der Waals surface area contributed by atoms with Crippen LogP contribution in [0.4, 0.5) is 5.69 Å². The zero-order valence-corrected chi connectivity index (χ0v) is 10.7. The van der Waals surface area contributed by atoms with Crippen molar-refractivity contribution in [3.05, 3.63) is 12.4 Å². The van der Waals surface area contributed by atoms with E-state index in [-0.39, 0.29) is 24.4 Å². The maximum Gasteiger partial charge on any atom is 0.224 e. The minimum Gasteiger partial charge on any atom is -0.327 e. The van der Waals surface area contributed by atoms with E-state index in [0.29, 0.717) is 12.3 Å². The summed E-state index contributed by atoms with van der Waals surface area (Å²) in [6.45, 7) is 0. The van der Waals surface area contributed by atoms with Crippen molar-refractivity contribution in [2.24, 2.45) is 18.7 Å². The predicted molar refractivity (Wildman–Crippen MR) is 69.0 cm³/mol. The molecular weight excluding hydrogens is 240 g/mol. The Morgan fingerprint density at radius 2 is 2.41 bits per heavy atom. The molecule has 5 nitrogen and oxygen atoms in total. The van der Waals surface area contributed by atoms with Crippen LogP contribution in [0, 0.1) is 5.92 Å². The first kappa shape index (κ1) is 14.0.